The molecule has 0 heterocycles. The molecule has 54 valence electrons. The zero-order valence-electron chi connectivity index (χ0n) is 5.39. The Morgan fingerprint density at radius 1 is 1.67 bits per heavy atom. The Morgan fingerprint density at radius 2 is 2.11 bits per heavy atom. The standard InChI is InChI=1S/C5H10BrNO2/c1-3(6)4(2)7-5(8)9/h3-4,7H,1-2H3,(H,8,9)/t3-,4?/m1/s1. The van der Waals surface area contributed by atoms with Gasteiger partial charge in [0.25, 0.3) is 0 Å². The van der Waals surface area contributed by atoms with E-state index in [1.165, 1.54) is 0 Å². The van der Waals surface area contributed by atoms with E-state index in [9.17, 15) is 4.79 Å². The van der Waals surface area contributed by atoms with Crippen LogP contribution in [0.2, 0.25) is 0 Å². The van der Waals surface area contributed by atoms with Crippen molar-refractivity contribution < 1.29 is 9.90 Å². The highest BCUT2D eigenvalue weighted by Gasteiger charge is 2.09. The molecule has 1 unspecified atom stereocenters. The lowest BCUT2D eigenvalue weighted by Gasteiger charge is -2.12. The van der Waals surface area contributed by atoms with Crippen LogP contribution in [-0.2, 0) is 0 Å². The summed E-state index contributed by atoms with van der Waals surface area (Å²) >= 11 is 3.24. The van der Waals surface area contributed by atoms with E-state index in [0.29, 0.717) is 0 Å². The summed E-state index contributed by atoms with van der Waals surface area (Å²) in [5.41, 5.74) is 0. The number of carbonyl (C=O) groups is 1. The van der Waals surface area contributed by atoms with E-state index in [2.05, 4.69) is 21.2 Å². The summed E-state index contributed by atoms with van der Waals surface area (Å²) in [5.74, 6) is 0. The number of carboxylic acid groups (broad SMARTS) is 1. The Morgan fingerprint density at radius 3 is 2.22 bits per heavy atom. The summed E-state index contributed by atoms with van der Waals surface area (Å²) < 4.78 is 0. The van der Waals surface area contributed by atoms with Gasteiger partial charge in [-0.3, -0.25) is 0 Å². The van der Waals surface area contributed by atoms with Crippen LogP contribution in [0, 0.1) is 0 Å². The Bertz CT molecular complexity index is 105. The van der Waals surface area contributed by atoms with Gasteiger partial charge in [0, 0.05) is 10.9 Å². The second kappa shape index (κ2) is 3.71. The fourth-order valence-corrected chi connectivity index (χ4v) is 0.442. The van der Waals surface area contributed by atoms with Crippen LogP contribution >= 0.6 is 15.9 Å². The molecule has 0 aromatic carbocycles. The van der Waals surface area contributed by atoms with Crippen molar-refractivity contribution in [3.8, 4) is 0 Å². The summed E-state index contributed by atoms with van der Waals surface area (Å²) in [7, 11) is 0. The maximum Gasteiger partial charge on any atom is 0.404 e. The quantitative estimate of drug-likeness (QED) is 0.656. The third kappa shape index (κ3) is 4.27. The van der Waals surface area contributed by atoms with Gasteiger partial charge in [-0.15, -0.1) is 0 Å². The second-order valence-electron chi connectivity index (χ2n) is 1.92. The van der Waals surface area contributed by atoms with Gasteiger partial charge in [0.05, 0.1) is 0 Å². The van der Waals surface area contributed by atoms with Gasteiger partial charge in [0.2, 0.25) is 0 Å². The first-order valence-corrected chi connectivity index (χ1v) is 3.59. The molecule has 0 aromatic heterocycles. The molecule has 0 saturated carbocycles. The first-order valence-electron chi connectivity index (χ1n) is 2.67. The Labute approximate surface area is 62.6 Å². The number of halogens is 1. The molecule has 0 fully saturated rings. The van der Waals surface area contributed by atoms with Gasteiger partial charge in [0.1, 0.15) is 0 Å². The lowest BCUT2D eigenvalue weighted by atomic mass is 10.3. The molecule has 0 spiro atoms. The van der Waals surface area contributed by atoms with Gasteiger partial charge in [0.15, 0.2) is 0 Å². The highest BCUT2D eigenvalue weighted by Crippen LogP contribution is 2.02. The molecule has 3 nitrogen and oxygen atoms in total. The predicted octanol–water partition coefficient (Wildman–Crippen LogP) is 1.43. The zero-order chi connectivity index (χ0) is 7.44. The lowest BCUT2D eigenvalue weighted by Crippen LogP contribution is -2.36. The topological polar surface area (TPSA) is 49.3 Å². The maximum atomic E-state index is 9.98. The fourth-order valence-electron chi connectivity index (χ4n) is 0.310. The third-order valence-corrected chi connectivity index (χ3v) is 1.83. The van der Waals surface area contributed by atoms with Crippen molar-refractivity contribution >= 4 is 22.0 Å². The molecule has 0 saturated heterocycles. The summed E-state index contributed by atoms with van der Waals surface area (Å²) in [5, 5.41) is 10.5. The summed E-state index contributed by atoms with van der Waals surface area (Å²) in [6.45, 7) is 3.69. The minimum absolute atomic E-state index is 0.0394. The van der Waals surface area contributed by atoms with Gasteiger partial charge in [-0.1, -0.05) is 22.9 Å². The normalized spacial score (nSPS) is 16.3. The summed E-state index contributed by atoms with van der Waals surface area (Å²) in [6, 6.07) is -0.0394. The lowest BCUT2D eigenvalue weighted by molar-refractivity contribution is 0.191. The summed E-state index contributed by atoms with van der Waals surface area (Å²) in [6.07, 6.45) is -0.978. The van der Waals surface area contributed by atoms with Crippen molar-refractivity contribution in [2.75, 3.05) is 0 Å². The molecule has 0 aliphatic carbocycles. The van der Waals surface area contributed by atoms with Crippen LogP contribution in [0.3, 0.4) is 0 Å². The van der Waals surface area contributed by atoms with E-state index in [1.54, 1.807) is 6.92 Å². The van der Waals surface area contributed by atoms with E-state index < -0.39 is 6.09 Å². The molecule has 0 radical (unpaired) electrons. The molecule has 0 aromatic rings. The fraction of sp³-hybridized carbons (Fsp3) is 0.800. The van der Waals surface area contributed by atoms with E-state index >= 15 is 0 Å². The number of rotatable bonds is 2. The molecule has 2 N–H and O–H groups in total. The average molecular weight is 196 g/mol. The highest BCUT2D eigenvalue weighted by molar-refractivity contribution is 9.09. The van der Waals surface area contributed by atoms with Crippen LogP contribution in [0.4, 0.5) is 4.79 Å². The Kier molecular flexibility index (Phi) is 3.61. The number of amides is 1. The molecule has 0 aliphatic heterocycles. The third-order valence-electron chi connectivity index (χ3n) is 1.04. The van der Waals surface area contributed by atoms with Crippen molar-refractivity contribution in [2.24, 2.45) is 0 Å². The number of nitrogens with one attached hydrogen (secondary N) is 1. The molecular formula is C5H10BrNO2. The van der Waals surface area contributed by atoms with Crippen molar-refractivity contribution in [1.82, 2.24) is 5.32 Å². The van der Waals surface area contributed by atoms with E-state index in [0.717, 1.165) is 0 Å². The monoisotopic (exact) mass is 195 g/mol. The largest absolute Gasteiger partial charge is 0.465 e. The molecule has 0 aliphatic rings. The molecule has 1 amide bonds. The zero-order valence-corrected chi connectivity index (χ0v) is 6.97. The number of hydrogen-bond acceptors (Lipinski definition) is 1. The first kappa shape index (κ1) is 8.75. The SMILES string of the molecule is CC(NC(=O)O)[C@@H](C)Br. The van der Waals surface area contributed by atoms with Gasteiger partial charge < -0.3 is 10.4 Å². The molecule has 0 bridgehead atoms. The molecule has 2 atom stereocenters. The predicted molar refractivity (Wildman–Crippen MR) is 39.0 cm³/mol. The molecular weight excluding hydrogens is 186 g/mol. The minimum atomic E-state index is -0.978. The smallest absolute Gasteiger partial charge is 0.404 e. The number of alkyl halides is 1. The first-order chi connectivity index (χ1) is 4.04. The summed E-state index contributed by atoms with van der Waals surface area (Å²) in [4.78, 5) is 10.2. The van der Waals surface area contributed by atoms with Gasteiger partial charge >= 0.3 is 6.09 Å². The minimum Gasteiger partial charge on any atom is -0.465 e. The average Bonchev–Trinajstić information content (AvgIpc) is 1.63. The van der Waals surface area contributed by atoms with Crippen LogP contribution in [0.1, 0.15) is 13.8 Å². The number of hydrogen-bond donors (Lipinski definition) is 2. The van der Waals surface area contributed by atoms with E-state index in [-0.39, 0.29) is 10.9 Å². The van der Waals surface area contributed by atoms with E-state index in [1.807, 2.05) is 6.92 Å². The van der Waals surface area contributed by atoms with Crippen molar-refractivity contribution in [3.05, 3.63) is 0 Å². The Hall–Kier alpha value is -0.250. The van der Waals surface area contributed by atoms with Crippen molar-refractivity contribution in [1.29, 1.82) is 0 Å². The highest BCUT2D eigenvalue weighted by atomic mass is 79.9. The van der Waals surface area contributed by atoms with E-state index in [4.69, 9.17) is 5.11 Å². The van der Waals surface area contributed by atoms with Crippen LogP contribution in [0.15, 0.2) is 0 Å². The van der Waals surface area contributed by atoms with Crippen molar-refractivity contribution in [2.45, 2.75) is 24.7 Å². The maximum absolute atomic E-state index is 9.98. The van der Waals surface area contributed by atoms with Crippen LogP contribution in [0.5, 0.6) is 0 Å². The van der Waals surface area contributed by atoms with Gasteiger partial charge in [-0.25, -0.2) is 4.79 Å². The molecule has 9 heavy (non-hydrogen) atoms. The Balaban J connectivity index is 3.50. The van der Waals surface area contributed by atoms with Gasteiger partial charge in [-0.2, -0.15) is 0 Å². The second-order valence-corrected chi connectivity index (χ2v) is 3.36. The van der Waals surface area contributed by atoms with Gasteiger partial charge in [-0.05, 0) is 6.92 Å². The van der Waals surface area contributed by atoms with Crippen LogP contribution in [-0.4, -0.2) is 22.1 Å². The molecule has 4 heteroatoms. The molecule has 0 rings (SSSR count). The van der Waals surface area contributed by atoms with Crippen molar-refractivity contribution in [3.63, 3.8) is 0 Å². The van der Waals surface area contributed by atoms with Crippen LogP contribution in [0.25, 0.3) is 0 Å². The van der Waals surface area contributed by atoms with Crippen LogP contribution < -0.4 is 5.32 Å².